The van der Waals surface area contributed by atoms with Gasteiger partial charge in [-0.3, -0.25) is 9.82 Å². The van der Waals surface area contributed by atoms with Crippen LogP contribution in [0.2, 0.25) is 5.02 Å². The highest BCUT2D eigenvalue weighted by Crippen LogP contribution is 2.30. The summed E-state index contributed by atoms with van der Waals surface area (Å²) in [5, 5.41) is 10.9. The normalized spacial score (nSPS) is 11.2. The van der Waals surface area contributed by atoms with Crippen LogP contribution in [0.5, 0.6) is 0 Å². The van der Waals surface area contributed by atoms with Crippen LogP contribution in [0.3, 0.4) is 0 Å². The summed E-state index contributed by atoms with van der Waals surface area (Å²) in [4.78, 5) is 0. The Kier molecular flexibility index (Phi) is 4.46. The number of anilines is 3. The first-order valence-electron chi connectivity index (χ1n) is 7.05. The minimum Gasteiger partial charge on any atom is -0.352 e. The molecule has 0 unspecified atom stereocenters. The molecule has 0 amide bonds. The molecule has 0 radical (unpaired) electrons. The van der Waals surface area contributed by atoms with Crippen molar-refractivity contribution in [3.63, 3.8) is 0 Å². The molecule has 0 fully saturated rings. The number of nitrogens with one attached hydrogen (secondary N) is 3. The standard InChI is InChI=1S/C16H15ClN4O2S/c1-24(22,23)21-14-7-2-4-11(8-14)16-15(10-18-20-16)19-13-6-3-5-12(17)9-13/h2-10,19,21H,1H3,(H,18,20). The molecule has 8 heteroatoms. The molecular weight excluding hydrogens is 348 g/mol. The molecule has 6 nitrogen and oxygen atoms in total. The van der Waals surface area contributed by atoms with E-state index in [4.69, 9.17) is 11.6 Å². The van der Waals surface area contributed by atoms with Crippen LogP contribution in [0.15, 0.2) is 54.7 Å². The third kappa shape index (κ3) is 4.06. The van der Waals surface area contributed by atoms with E-state index >= 15 is 0 Å². The highest BCUT2D eigenvalue weighted by atomic mass is 35.5. The summed E-state index contributed by atoms with van der Waals surface area (Å²) >= 11 is 6.00. The summed E-state index contributed by atoms with van der Waals surface area (Å²) in [5.74, 6) is 0. The molecule has 0 aliphatic carbocycles. The summed E-state index contributed by atoms with van der Waals surface area (Å²) in [5.41, 5.74) is 3.61. The van der Waals surface area contributed by atoms with E-state index < -0.39 is 10.0 Å². The quantitative estimate of drug-likeness (QED) is 0.643. The number of aromatic amines is 1. The van der Waals surface area contributed by atoms with Gasteiger partial charge in [0.25, 0.3) is 0 Å². The molecule has 24 heavy (non-hydrogen) atoms. The lowest BCUT2D eigenvalue weighted by Crippen LogP contribution is -2.09. The first-order valence-corrected chi connectivity index (χ1v) is 9.32. The summed E-state index contributed by atoms with van der Waals surface area (Å²) < 4.78 is 25.2. The summed E-state index contributed by atoms with van der Waals surface area (Å²) in [6, 6.07) is 14.4. The topological polar surface area (TPSA) is 86.9 Å². The van der Waals surface area contributed by atoms with Gasteiger partial charge < -0.3 is 5.32 Å². The lowest BCUT2D eigenvalue weighted by atomic mass is 10.1. The SMILES string of the molecule is CS(=O)(=O)Nc1cccc(-c2[nH]ncc2Nc2cccc(Cl)c2)c1. The van der Waals surface area contributed by atoms with Gasteiger partial charge in [-0.05, 0) is 30.3 Å². The van der Waals surface area contributed by atoms with E-state index in [-0.39, 0.29) is 0 Å². The largest absolute Gasteiger partial charge is 0.352 e. The third-order valence-electron chi connectivity index (χ3n) is 3.20. The maximum Gasteiger partial charge on any atom is 0.229 e. The van der Waals surface area contributed by atoms with Gasteiger partial charge in [0, 0.05) is 22.0 Å². The Morgan fingerprint density at radius 2 is 1.83 bits per heavy atom. The van der Waals surface area contributed by atoms with E-state index in [0.717, 1.165) is 28.9 Å². The van der Waals surface area contributed by atoms with Crippen LogP contribution >= 0.6 is 11.6 Å². The van der Waals surface area contributed by atoms with Gasteiger partial charge in [0.05, 0.1) is 23.8 Å². The summed E-state index contributed by atoms with van der Waals surface area (Å²) in [7, 11) is -3.33. The van der Waals surface area contributed by atoms with Gasteiger partial charge in [0.15, 0.2) is 0 Å². The average molecular weight is 363 g/mol. The van der Waals surface area contributed by atoms with Gasteiger partial charge in [-0.2, -0.15) is 5.10 Å². The van der Waals surface area contributed by atoms with E-state index in [1.54, 1.807) is 36.5 Å². The van der Waals surface area contributed by atoms with Crippen LogP contribution in [0.1, 0.15) is 0 Å². The highest BCUT2D eigenvalue weighted by Gasteiger charge is 2.10. The lowest BCUT2D eigenvalue weighted by molar-refractivity contribution is 0.607. The van der Waals surface area contributed by atoms with Crippen molar-refractivity contribution in [2.24, 2.45) is 0 Å². The van der Waals surface area contributed by atoms with Crippen molar-refractivity contribution in [2.45, 2.75) is 0 Å². The molecule has 124 valence electrons. The molecule has 3 rings (SSSR count). The Morgan fingerprint density at radius 1 is 1.08 bits per heavy atom. The Morgan fingerprint density at radius 3 is 2.58 bits per heavy atom. The van der Waals surface area contributed by atoms with Crippen LogP contribution in [0.25, 0.3) is 11.3 Å². The van der Waals surface area contributed by atoms with E-state index in [1.807, 2.05) is 18.2 Å². The molecule has 1 heterocycles. The number of halogens is 1. The molecule has 2 aromatic carbocycles. The molecule has 0 spiro atoms. The average Bonchev–Trinajstić information content (AvgIpc) is 2.94. The van der Waals surface area contributed by atoms with E-state index in [9.17, 15) is 8.42 Å². The predicted molar refractivity (Wildman–Crippen MR) is 97.2 cm³/mol. The molecule has 1 aromatic heterocycles. The Labute approximate surface area is 144 Å². The van der Waals surface area contributed by atoms with Crippen molar-refractivity contribution in [1.82, 2.24) is 10.2 Å². The summed E-state index contributed by atoms with van der Waals surface area (Å²) in [6.45, 7) is 0. The first kappa shape index (κ1) is 16.4. The Bertz CT molecular complexity index is 969. The van der Waals surface area contributed by atoms with Gasteiger partial charge in [-0.1, -0.05) is 29.8 Å². The van der Waals surface area contributed by atoms with Gasteiger partial charge in [0.2, 0.25) is 10.0 Å². The van der Waals surface area contributed by atoms with Crippen LogP contribution < -0.4 is 10.0 Å². The smallest absolute Gasteiger partial charge is 0.229 e. The fourth-order valence-corrected chi connectivity index (χ4v) is 3.02. The minimum absolute atomic E-state index is 0.485. The van der Waals surface area contributed by atoms with Gasteiger partial charge in [-0.15, -0.1) is 0 Å². The Hall–Kier alpha value is -2.51. The molecule has 0 bridgehead atoms. The minimum atomic E-state index is -3.33. The molecule has 3 aromatic rings. The van der Waals surface area contributed by atoms with E-state index in [0.29, 0.717) is 10.7 Å². The summed E-state index contributed by atoms with van der Waals surface area (Å²) in [6.07, 6.45) is 2.77. The second-order valence-corrected chi connectivity index (χ2v) is 7.43. The molecule has 3 N–H and O–H groups in total. The third-order valence-corrected chi connectivity index (χ3v) is 4.04. The predicted octanol–water partition coefficient (Wildman–Crippen LogP) is 3.85. The second-order valence-electron chi connectivity index (χ2n) is 5.25. The zero-order valence-corrected chi connectivity index (χ0v) is 14.3. The van der Waals surface area contributed by atoms with Crippen molar-refractivity contribution >= 4 is 38.7 Å². The van der Waals surface area contributed by atoms with Crippen LogP contribution in [-0.4, -0.2) is 24.9 Å². The van der Waals surface area contributed by atoms with Crippen molar-refractivity contribution < 1.29 is 8.42 Å². The molecular formula is C16H15ClN4O2S. The molecule has 0 saturated carbocycles. The number of aromatic nitrogens is 2. The van der Waals surface area contributed by atoms with E-state index in [2.05, 4.69) is 20.2 Å². The van der Waals surface area contributed by atoms with Gasteiger partial charge >= 0.3 is 0 Å². The van der Waals surface area contributed by atoms with Gasteiger partial charge in [0.1, 0.15) is 0 Å². The van der Waals surface area contributed by atoms with Crippen LogP contribution in [0.4, 0.5) is 17.1 Å². The fourth-order valence-electron chi connectivity index (χ4n) is 2.27. The lowest BCUT2D eigenvalue weighted by Gasteiger charge is -2.09. The van der Waals surface area contributed by atoms with Crippen molar-refractivity contribution in [1.29, 1.82) is 0 Å². The molecule has 0 atom stereocenters. The number of rotatable bonds is 5. The van der Waals surface area contributed by atoms with Crippen molar-refractivity contribution in [3.8, 4) is 11.3 Å². The van der Waals surface area contributed by atoms with E-state index in [1.165, 1.54) is 0 Å². The number of nitrogens with zero attached hydrogens (tertiary/aromatic N) is 1. The van der Waals surface area contributed by atoms with Crippen molar-refractivity contribution in [2.75, 3.05) is 16.3 Å². The molecule has 0 aliphatic rings. The number of H-pyrrole nitrogens is 1. The maximum absolute atomic E-state index is 11.4. The number of sulfonamides is 1. The number of hydrogen-bond donors (Lipinski definition) is 3. The monoisotopic (exact) mass is 362 g/mol. The zero-order chi connectivity index (χ0) is 17.2. The highest BCUT2D eigenvalue weighted by molar-refractivity contribution is 7.92. The van der Waals surface area contributed by atoms with Crippen molar-refractivity contribution in [3.05, 3.63) is 59.8 Å². The molecule has 0 aliphatic heterocycles. The van der Waals surface area contributed by atoms with Crippen LogP contribution in [0, 0.1) is 0 Å². The maximum atomic E-state index is 11.4. The van der Waals surface area contributed by atoms with Gasteiger partial charge in [-0.25, -0.2) is 8.42 Å². The number of hydrogen-bond acceptors (Lipinski definition) is 4. The zero-order valence-electron chi connectivity index (χ0n) is 12.7. The number of benzene rings is 2. The fraction of sp³-hybridized carbons (Fsp3) is 0.0625. The Balaban J connectivity index is 1.91. The van der Waals surface area contributed by atoms with Crippen LogP contribution in [-0.2, 0) is 10.0 Å². The first-order chi connectivity index (χ1) is 11.4. The second kappa shape index (κ2) is 6.54. The molecule has 0 saturated heterocycles.